The van der Waals surface area contributed by atoms with Crippen LogP contribution in [0.5, 0.6) is 5.75 Å². The molecule has 3 aliphatic heterocycles. The molecule has 3 amide bonds. The lowest BCUT2D eigenvalue weighted by Gasteiger charge is -2.31. The van der Waals surface area contributed by atoms with Crippen molar-refractivity contribution >= 4 is 17.7 Å². The van der Waals surface area contributed by atoms with Crippen molar-refractivity contribution in [3.8, 4) is 5.75 Å². The minimum Gasteiger partial charge on any atom is -0.489 e. The minimum absolute atomic E-state index is 0.0441. The molecule has 2 aromatic rings. The summed E-state index contributed by atoms with van der Waals surface area (Å²) in [5, 5.41) is 2.70. The monoisotopic (exact) mass is 465 g/mol. The summed E-state index contributed by atoms with van der Waals surface area (Å²) in [4.78, 5) is 40.7. The van der Waals surface area contributed by atoms with Gasteiger partial charge in [-0.05, 0) is 36.1 Å². The van der Waals surface area contributed by atoms with E-state index in [4.69, 9.17) is 15.0 Å². The molecule has 34 heavy (non-hydrogen) atoms. The average Bonchev–Trinajstić information content (AvgIpc) is 3.21. The molecular weight excluding hydrogens is 434 g/mol. The Kier molecular flexibility index (Phi) is 4.86. The Morgan fingerprint density at radius 2 is 2.06 bits per heavy atom. The van der Waals surface area contributed by atoms with E-state index in [1.54, 1.807) is 18.2 Å². The standard InChI is InChI=1S/C26H27N3O5/c1-17-5-10-22(25(31)27-17)29-14-21-20(26(29)32)3-2-4-23(21)34-15-19-8-6-18(7-9-19)13-28-11-12-33-16-24(28)30/h2-4,6-9,22H,1,5,10-16H2,(H,27,31)/i6D,8D,9D,15D. The van der Waals surface area contributed by atoms with Crippen molar-refractivity contribution in [2.75, 3.05) is 19.8 Å². The van der Waals surface area contributed by atoms with Crippen LogP contribution in [0.3, 0.4) is 0 Å². The van der Waals surface area contributed by atoms with Crippen LogP contribution in [0.4, 0.5) is 0 Å². The summed E-state index contributed by atoms with van der Waals surface area (Å²) in [6.45, 7) is 3.17. The Labute approximate surface area is 203 Å². The van der Waals surface area contributed by atoms with Crippen molar-refractivity contribution in [3.63, 3.8) is 0 Å². The zero-order chi connectivity index (χ0) is 27.1. The van der Waals surface area contributed by atoms with Gasteiger partial charge in [-0.15, -0.1) is 0 Å². The molecule has 2 saturated heterocycles. The highest BCUT2D eigenvalue weighted by Gasteiger charge is 2.39. The molecule has 2 atom stereocenters. The SMILES string of the molecule is [2H]c1cc(CN2CCOCC2=O)c([2H])c([2H])c1C([2H])Oc1cccc2c1CN(C1CCC(=C)NC1=O)C2=O. The van der Waals surface area contributed by atoms with Gasteiger partial charge >= 0.3 is 0 Å². The van der Waals surface area contributed by atoms with Crippen LogP contribution in [-0.2, 0) is 34.0 Å². The minimum atomic E-state index is -1.50. The highest BCUT2D eigenvalue weighted by molar-refractivity contribution is 6.02. The largest absolute Gasteiger partial charge is 0.489 e. The fourth-order valence-corrected chi connectivity index (χ4v) is 4.33. The third-order valence-corrected chi connectivity index (χ3v) is 6.16. The number of nitrogens with zero attached hydrogens (tertiary/aromatic N) is 2. The van der Waals surface area contributed by atoms with Crippen molar-refractivity contribution in [3.05, 3.63) is 76.9 Å². The number of carbonyl (C=O) groups is 3. The van der Waals surface area contributed by atoms with E-state index in [2.05, 4.69) is 11.9 Å². The molecule has 2 fully saturated rings. The molecule has 8 heteroatoms. The van der Waals surface area contributed by atoms with Crippen LogP contribution in [0.1, 0.15) is 45.4 Å². The zero-order valence-electron chi connectivity index (χ0n) is 22.6. The quantitative estimate of drug-likeness (QED) is 0.708. The van der Waals surface area contributed by atoms with Crippen LogP contribution in [0.2, 0.25) is 0 Å². The fraction of sp³-hybridized carbons (Fsp3) is 0.346. The van der Waals surface area contributed by atoms with Gasteiger partial charge in [-0.25, -0.2) is 0 Å². The zero-order valence-corrected chi connectivity index (χ0v) is 18.6. The number of morpholine rings is 1. The van der Waals surface area contributed by atoms with Crippen LogP contribution in [-0.4, -0.2) is 53.3 Å². The molecule has 0 aliphatic carbocycles. The third kappa shape index (κ3) is 4.41. The van der Waals surface area contributed by atoms with Gasteiger partial charge in [0, 0.05) is 29.9 Å². The highest BCUT2D eigenvalue weighted by Crippen LogP contribution is 2.34. The van der Waals surface area contributed by atoms with E-state index in [-0.39, 0.29) is 66.9 Å². The van der Waals surface area contributed by atoms with Gasteiger partial charge in [0.25, 0.3) is 5.91 Å². The van der Waals surface area contributed by atoms with E-state index >= 15 is 0 Å². The van der Waals surface area contributed by atoms with Gasteiger partial charge in [0.1, 0.15) is 25.0 Å². The first-order valence-electron chi connectivity index (χ1n) is 13.2. The molecule has 0 spiro atoms. The number of hydrogen-bond donors (Lipinski definition) is 1. The number of rotatable bonds is 6. The number of allylic oxidation sites excluding steroid dienone is 1. The van der Waals surface area contributed by atoms with E-state index in [1.165, 1.54) is 15.9 Å². The van der Waals surface area contributed by atoms with E-state index < -0.39 is 12.6 Å². The Hall–Kier alpha value is -3.65. The Morgan fingerprint density at radius 1 is 1.21 bits per heavy atom. The fourth-order valence-electron chi connectivity index (χ4n) is 4.33. The predicted octanol–water partition coefficient (Wildman–Crippen LogP) is 2.37. The van der Waals surface area contributed by atoms with Crippen LogP contribution < -0.4 is 10.1 Å². The molecule has 3 aliphatic rings. The van der Waals surface area contributed by atoms with E-state index in [9.17, 15) is 14.4 Å². The number of nitrogens with one attached hydrogen (secondary N) is 1. The first-order valence-corrected chi connectivity index (χ1v) is 11.1. The van der Waals surface area contributed by atoms with Crippen LogP contribution >= 0.6 is 0 Å². The van der Waals surface area contributed by atoms with E-state index in [0.717, 1.165) is 0 Å². The molecule has 176 valence electrons. The van der Waals surface area contributed by atoms with Crippen LogP contribution in [0.25, 0.3) is 0 Å². The summed E-state index contributed by atoms with van der Waals surface area (Å²) >= 11 is 0. The molecule has 0 radical (unpaired) electrons. The first-order chi connectivity index (χ1) is 18.2. The normalized spacial score (nSPS) is 23.0. The molecule has 2 unspecified atom stereocenters. The number of benzene rings is 2. The second-order valence-electron chi connectivity index (χ2n) is 8.44. The second kappa shape index (κ2) is 9.30. The average molecular weight is 466 g/mol. The van der Waals surface area contributed by atoms with Crippen molar-refractivity contribution in [1.29, 1.82) is 0 Å². The van der Waals surface area contributed by atoms with Crippen molar-refractivity contribution in [2.45, 2.75) is 38.6 Å². The molecule has 0 bridgehead atoms. The number of fused-ring (bicyclic) bond motifs is 1. The Bertz CT molecular complexity index is 1350. The molecule has 0 saturated carbocycles. The van der Waals surface area contributed by atoms with E-state index in [1.807, 2.05) is 0 Å². The summed E-state index contributed by atoms with van der Waals surface area (Å²) < 4.78 is 45.0. The Balaban J connectivity index is 1.37. The molecule has 5 rings (SSSR count). The van der Waals surface area contributed by atoms with Gasteiger partial charge in [0.2, 0.25) is 11.8 Å². The van der Waals surface area contributed by atoms with Crippen molar-refractivity contribution in [1.82, 2.24) is 15.1 Å². The molecule has 8 nitrogen and oxygen atoms in total. The number of hydrogen-bond acceptors (Lipinski definition) is 5. The maximum absolute atomic E-state index is 13.1. The van der Waals surface area contributed by atoms with Gasteiger partial charge in [-0.1, -0.05) is 36.8 Å². The smallest absolute Gasteiger partial charge is 0.255 e. The van der Waals surface area contributed by atoms with Crippen LogP contribution in [0.15, 0.2) is 54.7 Å². The predicted molar refractivity (Wildman–Crippen MR) is 124 cm³/mol. The van der Waals surface area contributed by atoms with Crippen molar-refractivity contribution < 1.29 is 29.3 Å². The summed E-state index contributed by atoms with van der Waals surface area (Å²) in [5.41, 5.74) is 1.76. The summed E-state index contributed by atoms with van der Waals surface area (Å²) in [6.07, 6.45) is 1.03. The summed E-state index contributed by atoms with van der Waals surface area (Å²) in [6, 6.07) is 4.96. The topological polar surface area (TPSA) is 88.2 Å². The molecule has 0 aromatic heterocycles. The Morgan fingerprint density at radius 3 is 2.88 bits per heavy atom. The number of amides is 3. The lowest BCUT2D eigenvalue weighted by Crippen LogP contribution is -2.49. The first kappa shape index (κ1) is 17.8. The van der Waals surface area contributed by atoms with E-state index in [0.29, 0.717) is 48.4 Å². The lowest BCUT2D eigenvalue weighted by molar-refractivity contribution is -0.143. The van der Waals surface area contributed by atoms with Gasteiger partial charge < -0.3 is 24.6 Å². The molecular formula is C26H27N3O5. The molecule has 2 aromatic carbocycles. The number of carbonyl (C=O) groups excluding carboxylic acids is 3. The second-order valence-corrected chi connectivity index (χ2v) is 8.44. The molecule has 3 heterocycles. The summed E-state index contributed by atoms with van der Waals surface area (Å²) in [7, 11) is 0. The number of piperidine rings is 1. The van der Waals surface area contributed by atoms with Gasteiger partial charge in [0.05, 0.1) is 18.6 Å². The van der Waals surface area contributed by atoms with Gasteiger partial charge in [-0.3, -0.25) is 14.4 Å². The van der Waals surface area contributed by atoms with Crippen LogP contribution in [0, 0.1) is 0 Å². The third-order valence-electron chi connectivity index (χ3n) is 6.16. The van der Waals surface area contributed by atoms with Gasteiger partial charge in [0.15, 0.2) is 0 Å². The lowest BCUT2D eigenvalue weighted by atomic mass is 10.0. The van der Waals surface area contributed by atoms with Crippen molar-refractivity contribution in [2.24, 2.45) is 0 Å². The molecule has 1 N–H and O–H groups in total. The maximum atomic E-state index is 13.1. The highest BCUT2D eigenvalue weighted by atomic mass is 16.5. The summed E-state index contributed by atoms with van der Waals surface area (Å²) in [5.74, 6) is -0.579. The maximum Gasteiger partial charge on any atom is 0.255 e. The number of ether oxygens (including phenoxy) is 2. The van der Waals surface area contributed by atoms with Gasteiger partial charge in [-0.2, -0.15) is 0 Å².